The fourth-order valence-corrected chi connectivity index (χ4v) is 4.72. The lowest BCUT2D eigenvalue weighted by molar-refractivity contribution is -0.123. The van der Waals surface area contributed by atoms with E-state index in [1.807, 2.05) is 24.5 Å². The van der Waals surface area contributed by atoms with Gasteiger partial charge in [-0.1, -0.05) is 23.7 Å². The number of hydrogen-bond donors (Lipinski definition) is 1. The maximum absolute atomic E-state index is 13.1. The van der Waals surface area contributed by atoms with Crippen LogP contribution in [0.15, 0.2) is 53.4 Å². The molecule has 4 rings (SSSR count). The van der Waals surface area contributed by atoms with E-state index in [2.05, 4.69) is 0 Å². The van der Waals surface area contributed by atoms with Gasteiger partial charge in [-0.15, -0.1) is 0 Å². The zero-order valence-corrected chi connectivity index (χ0v) is 19.2. The zero-order valence-electron chi connectivity index (χ0n) is 17.6. The Bertz CT molecular complexity index is 1330. The molecule has 1 N–H and O–H groups in total. The molecule has 33 heavy (non-hydrogen) atoms. The van der Waals surface area contributed by atoms with E-state index in [1.165, 1.54) is 36.4 Å². The van der Waals surface area contributed by atoms with Crippen molar-refractivity contribution in [1.29, 1.82) is 0 Å². The molecule has 2 aromatic carbocycles. The van der Waals surface area contributed by atoms with Crippen LogP contribution < -0.4 is 0 Å². The minimum atomic E-state index is -1.13. The first kappa shape index (κ1) is 22.8. The Hall–Kier alpha value is -3.36. The third-order valence-corrected chi connectivity index (χ3v) is 6.56. The molecule has 6 nitrogen and oxygen atoms in total. The van der Waals surface area contributed by atoms with Crippen molar-refractivity contribution >= 4 is 46.6 Å². The second-order valence-electron chi connectivity index (χ2n) is 7.53. The maximum atomic E-state index is 13.1. The molecule has 1 aliphatic heterocycles. The molecule has 0 atom stereocenters. The Labute approximate surface area is 198 Å². The summed E-state index contributed by atoms with van der Waals surface area (Å²) in [7, 11) is 0. The molecular weight excluding hydrogens is 467 g/mol. The fourth-order valence-electron chi connectivity index (χ4n) is 3.70. The first-order valence-corrected chi connectivity index (χ1v) is 11.1. The number of aromatic carboxylic acids is 1. The number of thioether (sulfide) groups is 1. The molecule has 0 saturated carbocycles. The Kier molecular flexibility index (Phi) is 6.14. The van der Waals surface area contributed by atoms with Gasteiger partial charge in [-0.05, 0) is 79.2 Å². The number of benzene rings is 2. The highest BCUT2D eigenvalue weighted by atomic mass is 35.5. The summed E-state index contributed by atoms with van der Waals surface area (Å²) in [5, 5.41) is 9.12. The van der Waals surface area contributed by atoms with Gasteiger partial charge >= 0.3 is 5.97 Å². The molecule has 9 heteroatoms. The van der Waals surface area contributed by atoms with Crippen LogP contribution in [0.3, 0.4) is 0 Å². The number of aromatic nitrogens is 1. The Morgan fingerprint density at radius 2 is 1.82 bits per heavy atom. The molecule has 1 saturated heterocycles. The van der Waals surface area contributed by atoms with Crippen LogP contribution in [0.2, 0.25) is 5.02 Å². The van der Waals surface area contributed by atoms with Crippen LogP contribution in [0.1, 0.15) is 32.9 Å². The third-order valence-electron chi connectivity index (χ3n) is 5.32. The van der Waals surface area contributed by atoms with E-state index >= 15 is 0 Å². The highest BCUT2D eigenvalue weighted by Gasteiger charge is 2.35. The Morgan fingerprint density at radius 3 is 2.48 bits per heavy atom. The summed E-state index contributed by atoms with van der Waals surface area (Å²) in [4.78, 5) is 38.2. The van der Waals surface area contributed by atoms with Crippen molar-refractivity contribution in [1.82, 2.24) is 9.47 Å². The van der Waals surface area contributed by atoms with Crippen LogP contribution >= 0.6 is 23.4 Å². The van der Waals surface area contributed by atoms with E-state index in [-0.39, 0.29) is 27.9 Å². The molecule has 0 radical (unpaired) electrons. The van der Waals surface area contributed by atoms with E-state index in [9.17, 15) is 23.9 Å². The summed E-state index contributed by atoms with van der Waals surface area (Å²) in [6.07, 6.45) is 1.66. The molecule has 3 aromatic rings. The molecule has 1 fully saturated rings. The average molecular weight is 485 g/mol. The summed E-state index contributed by atoms with van der Waals surface area (Å²) in [5.74, 6) is -1.93. The van der Waals surface area contributed by atoms with Crippen LogP contribution in [-0.2, 0) is 11.3 Å². The standard InChI is InChI=1S/C24H18ClFN2O4S/c1-13-9-16(14(2)28(13)18-7-8-20(25)19(11-18)23(30)31)10-21-22(29)27(24(32)33-21)12-15-3-5-17(26)6-4-15/h3-11H,12H2,1-2H3,(H,30,31)/b21-10-. The lowest BCUT2D eigenvalue weighted by Gasteiger charge is -2.12. The van der Waals surface area contributed by atoms with Gasteiger partial charge < -0.3 is 9.67 Å². The van der Waals surface area contributed by atoms with E-state index in [0.29, 0.717) is 11.3 Å². The van der Waals surface area contributed by atoms with Crippen LogP contribution in [0.5, 0.6) is 0 Å². The Balaban J connectivity index is 1.64. The van der Waals surface area contributed by atoms with E-state index in [1.54, 1.807) is 12.1 Å². The average Bonchev–Trinajstić information content (AvgIpc) is 3.19. The van der Waals surface area contributed by atoms with Gasteiger partial charge in [0.2, 0.25) is 0 Å². The minimum Gasteiger partial charge on any atom is -0.478 e. The highest BCUT2D eigenvalue weighted by molar-refractivity contribution is 8.18. The van der Waals surface area contributed by atoms with E-state index in [4.69, 9.17) is 11.6 Å². The van der Waals surface area contributed by atoms with Gasteiger partial charge in [0.1, 0.15) is 5.82 Å². The number of rotatable bonds is 5. The molecule has 0 spiro atoms. The van der Waals surface area contributed by atoms with Gasteiger partial charge in [-0.3, -0.25) is 14.5 Å². The third kappa shape index (κ3) is 4.44. The molecule has 2 amide bonds. The van der Waals surface area contributed by atoms with E-state index < -0.39 is 17.1 Å². The van der Waals surface area contributed by atoms with Gasteiger partial charge in [0.15, 0.2) is 0 Å². The van der Waals surface area contributed by atoms with Crippen molar-refractivity contribution < 1.29 is 23.9 Å². The van der Waals surface area contributed by atoms with Gasteiger partial charge in [0.05, 0.1) is 22.0 Å². The SMILES string of the molecule is Cc1cc(/C=C2\SC(=O)N(Cc3ccc(F)cc3)C2=O)c(C)n1-c1ccc(Cl)c(C(=O)O)c1. The van der Waals surface area contributed by atoms with Gasteiger partial charge in [0, 0.05) is 17.1 Å². The molecule has 168 valence electrons. The number of halogens is 2. The zero-order chi connectivity index (χ0) is 23.9. The van der Waals surface area contributed by atoms with Crippen molar-refractivity contribution in [2.24, 2.45) is 0 Å². The first-order valence-electron chi connectivity index (χ1n) is 9.87. The van der Waals surface area contributed by atoms with Gasteiger partial charge in [-0.25, -0.2) is 9.18 Å². The second-order valence-corrected chi connectivity index (χ2v) is 8.93. The molecule has 0 unspecified atom stereocenters. The highest BCUT2D eigenvalue weighted by Crippen LogP contribution is 2.35. The van der Waals surface area contributed by atoms with Crippen molar-refractivity contribution in [2.75, 3.05) is 0 Å². The van der Waals surface area contributed by atoms with Crippen LogP contribution in [0, 0.1) is 19.7 Å². The van der Waals surface area contributed by atoms with Crippen molar-refractivity contribution in [3.05, 3.63) is 92.4 Å². The normalized spacial score (nSPS) is 15.0. The number of carbonyl (C=O) groups is 3. The topological polar surface area (TPSA) is 79.6 Å². The summed E-state index contributed by atoms with van der Waals surface area (Å²) in [6, 6.07) is 12.2. The number of aryl methyl sites for hydroxylation is 1. The van der Waals surface area contributed by atoms with E-state index in [0.717, 1.165) is 33.6 Å². The van der Waals surface area contributed by atoms with Crippen LogP contribution in [-0.4, -0.2) is 31.7 Å². The molecule has 2 heterocycles. The van der Waals surface area contributed by atoms with Gasteiger partial charge in [0.25, 0.3) is 11.1 Å². The predicted molar refractivity (Wildman–Crippen MR) is 125 cm³/mol. The van der Waals surface area contributed by atoms with Crippen LogP contribution in [0.4, 0.5) is 9.18 Å². The van der Waals surface area contributed by atoms with Crippen molar-refractivity contribution in [3.63, 3.8) is 0 Å². The van der Waals surface area contributed by atoms with Crippen molar-refractivity contribution in [2.45, 2.75) is 20.4 Å². The summed E-state index contributed by atoms with van der Waals surface area (Å²) in [5.41, 5.74) is 3.59. The number of amides is 2. The number of carboxylic acids is 1. The summed E-state index contributed by atoms with van der Waals surface area (Å²) in [6.45, 7) is 3.76. The number of imide groups is 1. The largest absolute Gasteiger partial charge is 0.478 e. The lowest BCUT2D eigenvalue weighted by atomic mass is 10.2. The van der Waals surface area contributed by atoms with Crippen molar-refractivity contribution in [3.8, 4) is 5.69 Å². The first-order chi connectivity index (χ1) is 15.7. The molecule has 0 bridgehead atoms. The lowest BCUT2D eigenvalue weighted by Crippen LogP contribution is -2.27. The summed E-state index contributed by atoms with van der Waals surface area (Å²) < 4.78 is 15.0. The monoisotopic (exact) mass is 484 g/mol. The van der Waals surface area contributed by atoms with Crippen LogP contribution in [0.25, 0.3) is 11.8 Å². The number of hydrogen-bond acceptors (Lipinski definition) is 4. The summed E-state index contributed by atoms with van der Waals surface area (Å²) >= 11 is 6.84. The quantitative estimate of drug-likeness (QED) is 0.461. The Morgan fingerprint density at radius 1 is 1.12 bits per heavy atom. The molecular formula is C24H18ClFN2O4S. The number of carboxylic acid groups (broad SMARTS) is 1. The smallest absolute Gasteiger partial charge is 0.337 e. The molecule has 1 aromatic heterocycles. The number of nitrogens with zero attached hydrogens (tertiary/aromatic N) is 2. The molecule has 1 aliphatic rings. The minimum absolute atomic E-state index is 0.00914. The number of carbonyl (C=O) groups excluding carboxylic acids is 2. The molecule has 0 aliphatic carbocycles. The maximum Gasteiger partial charge on any atom is 0.337 e. The predicted octanol–water partition coefficient (Wildman–Crippen LogP) is 5.82. The van der Waals surface area contributed by atoms with Gasteiger partial charge in [-0.2, -0.15) is 0 Å². The second kappa shape index (κ2) is 8.88. The fraction of sp³-hybridized carbons (Fsp3) is 0.125.